The van der Waals surface area contributed by atoms with Crippen LogP contribution in [-0.2, 0) is 7.05 Å². The summed E-state index contributed by atoms with van der Waals surface area (Å²) in [5, 5.41) is 0.714. The number of aliphatic imine (C=N–C) groups is 1. The monoisotopic (exact) mass is 246 g/mol. The van der Waals surface area contributed by atoms with Crippen LogP contribution in [0.1, 0.15) is 17.0 Å². The van der Waals surface area contributed by atoms with Crippen molar-refractivity contribution in [1.82, 2.24) is 4.57 Å². The average molecular weight is 247 g/mol. The van der Waals surface area contributed by atoms with E-state index in [9.17, 15) is 0 Å². The number of hydrogen-bond donors (Lipinski definition) is 0. The molecule has 17 heavy (non-hydrogen) atoms. The third kappa shape index (κ3) is 2.59. The van der Waals surface area contributed by atoms with E-state index in [2.05, 4.69) is 28.6 Å². The van der Waals surface area contributed by atoms with Gasteiger partial charge in [-0.1, -0.05) is 17.7 Å². The lowest BCUT2D eigenvalue weighted by Crippen LogP contribution is -1.96. The van der Waals surface area contributed by atoms with Crippen molar-refractivity contribution in [3.8, 4) is 0 Å². The summed E-state index contributed by atoms with van der Waals surface area (Å²) >= 11 is 5.95. The van der Waals surface area contributed by atoms with Crippen molar-refractivity contribution in [3.63, 3.8) is 0 Å². The van der Waals surface area contributed by atoms with Crippen molar-refractivity contribution in [2.24, 2.45) is 12.0 Å². The molecule has 0 saturated heterocycles. The molecule has 0 aliphatic carbocycles. The largest absolute Gasteiger partial charge is 0.347 e. The molecule has 0 unspecified atom stereocenters. The minimum atomic E-state index is 0.714. The van der Waals surface area contributed by atoms with Gasteiger partial charge in [0.2, 0.25) is 0 Å². The van der Waals surface area contributed by atoms with E-state index in [4.69, 9.17) is 11.6 Å². The van der Waals surface area contributed by atoms with E-state index in [1.807, 2.05) is 38.4 Å². The second-order valence-electron chi connectivity index (χ2n) is 4.15. The van der Waals surface area contributed by atoms with Crippen LogP contribution in [0.4, 0.5) is 5.69 Å². The summed E-state index contributed by atoms with van der Waals surface area (Å²) in [6.07, 6.45) is 1.87. The highest BCUT2D eigenvalue weighted by Crippen LogP contribution is 2.22. The number of halogens is 1. The van der Waals surface area contributed by atoms with Crippen molar-refractivity contribution >= 4 is 23.5 Å². The molecule has 0 aliphatic heterocycles. The number of rotatable bonds is 2. The Morgan fingerprint density at radius 1 is 1.18 bits per heavy atom. The van der Waals surface area contributed by atoms with Crippen molar-refractivity contribution in [2.75, 3.05) is 0 Å². The molecule has 1 aromatic heterocycles. The van der Waals surface area contributed by atoms with Gasteiger partial charge in [0.05, 0.1) is 17.6 Å². The Hall–Kier alpha value is -1.54. The minimum Gasteiger partial charge on any atom is -0.347 e. The van der Waals surface area contributed by atoms with Crippen molar-refractivity contribution < 1.29 is 0 Å². The molecular formula is C14H15ClN2. The van der Waals surface area contributed by atoms with Gasteiger partial charge < -0.3 is 4.57 Å². The lowest BCUT2D eigenvalue weighted by atomic mass is 10.2. The zero-order chi connectivity index (χ0) is 12.4. The maximum absolute atomic E-state index is 5.95. The van der Waals surface area contributed by atoms with E-state index in [0.29, 0.717) is 5.02 Å². The second-order valence-corrected chi connectivity index (χ2v) is 4.58. The second kappa shape index (κ2) is 4.76. The van der Waals surface area contributed by atoms with Crippen LogP contribution in [0, 0.1) is 13.8 Å². The van der Waals surface area contributed by atoms with Gasteiger partial charge in [0.15, 0.2) is 0 Å². The normalized spacial score (nSPS) is 11.3. The Balaban J connectivity index is 2.32. The molecule has 0 spiro atoms. The van der Waals surface area contributed by atoms with Crippen molar-refractivity contribution in [3.05, 3.63) is 52.3 Å². The Labute approximate surface area is 107 Å². The summed E-state index contributed by atoms with van der Waals surface area (Å²) in [4.78, 5) is 4.48. The Kier molecular flexibility index (Phi) is 3.34. The first-order valence-electron chi connectivity index (χ1n) is 5.50. The molecule has 88 valence electrons. The third-order valence-corrected chi connectivity index (χ3v) is 3.15. The van der Waals surface area contributed by atoms with Gasteiger partial charge in [0, 0.05) is 17.8 Å². The number of aryl methyl sites for hydroxylation is 2. The van der Waals surface area contributed by atoms with Gasteiger partial charge in [-0.15, -0.1) is 0 Å². The van der Waals surface area contributed by atoms with Gasteiger partial charge in [-0.25, -0.2) is 0 Å². The summed E-state index contributed by atoms with van der Waals surface area (Å²) < 4.78 is 2.10. The zero-order valence-corrected chi connectivity index (χ0v) is 11.0. The molecule has 0 saturated carbocycles. The van der Waals surface area contributed by atoms with Crippen LogP contribution in [0.2, 0.25) is 5.02 Å². The fourth-order valence-corrected chi connectivity index (χ4v) is 1.79. The van der Waals surface area contributed by atoms with E-state index in [1.54, 1.807) is 0 Å². The Morgan fingerprint density at radius 3 is 2.59 bits per heavy atom. The van der Waals surface area contributed by atoms with Gasteiger partial charge in [-0.05, 0) is 43.7 Å². The van der Waals surface area contributed by atoms with Crippen LogP contribution < -0.4 is 0 Å². The van der Waals surface area contributed by atoms with Gasteiger partial charge in [0.1, 0.15) is 0 Å². The van der Waals surface area contributed by atoms with Crippen LogP contribution in [-0.4, -0.2) is 10.8 Å². The van der Waals surface area contributed by atoms with Crippen LogP contribution >= 0.6 is 11.6 Å². The number of benzene rings is 1. The SMILES string of the molecule is Cc1ccc(Cl)cc1N=Cc1ccc(C)n1C. The summed E-state index contributed by atoms with van der Waals surface area (Å²) in [6, 6.07) is 9.86. The summed E-state index contributed by atoms with van der Waals surface area (Å²) in [5.74, 6) is 0. The number of hydrogen-bond acceptors (Lipinski definition) is 1. The predicted octanol–water partition coefficient (Wildman–Crippen LogP) is 4.05. The fraction of sp³-hybridized carbons (Fsp3) is 0.214. The Bertz CT molecular complexity index is 568. The molecule has 0 radical (unpaired) electrons. The first-order chi connectivity index (χ1) is 8.08. The number of nitrogens with zero attached hydrogens (tertiary/aromatic N) is 2. The summed E-state index contributed by atoms with van der Waals surface area (Å²) in [5.41, 5.74) is 4.34. The molecular weight excluding hydrogens is 232 g/mol. The molecule has 2 nitrogen and oxygen atoms in total. The predicted molar refractivity (Wildman–Crippen MR) is 73.6 cm³/mol. The molecule has 0 bridgehead atoms. The highest BCUT2D eigenvalue weighted by molar-refractivity contribution is 6.30. The molecule has 1 aromatic carbocycles. The van der Waals surface area contributed by atoms with E-state index in [0.717, 1.165) is 16.9 Å². The first kappa shape index (κ1) is 11.9. The zero-order valence-electron chi connectivity index (χ0n) is 10.2. The standard InChI is InChI=1S/C14H15ClN2/c1-10-4-6-12(15)8-14(10)16-9-13-7-5-11(2)17(13)3/h4-9H,1-3H3. The molecule has 0 atom stereocenters. The van der Waals surface area contributed by atoms with Crippen LogP contribution in [0.5, 0.6) is 0 Å². The van der Waals surface area contributed by atoms with Crippen LogP contribution in [0.25, 0.3) is 0 Å². The van der Waals surface area contributed by atoms with Gasteiger partial charge in [-0.3, -0.25) is 4.99 Å². The quantitative estimate of drug-likeness (QED) is 0.712. The average Bonchev–Trinajstić information content (AvgIpc) is 2.62. The lowest BCUT2D eigenvalue weighted by Gasteiger charge is -2.02. The van der Waals surface area contributed by atoms with E-state index in [1.165, 1.54) is 5.69 Å². The highest BCUT2D eigenvalue weighted by atomic mass is 35.5. The Morgan fingerprint density at radius 2 is 1.94 bits per heavy atom. The third-order valence-electron chi connectivity index (χ3n) is 2.92. The molecule has 3 heteroatoms. The molecule has 2 rings (SSSR count). The number of aromatic nitrogens is 1. The van der Waals surface area contributed by atoms with Crippen LogP contribution in [0.3, 0.4) is 0 Å². The van der Waals surface area contributed by atoms with Gasteiger partial charge >= 0.3 is 0 Å². The van der Waals surface area contributed by atoms with Gasteiger partial charge in [-0.2, -0.15) is 0 Å². The highest BCUT2D eigenvalue weighted by Gasteiger charge is 1.99. The van der Waals surface area contributed by atoms with Gasteiger partial charge in [0.25, 0.3) is 0 Å². The molecule has 1 heterocycles. The van der Waals surface area contributed by atoms with Crippen molar-refractivity contribution in [2.45, 2.75) is 13.8 Å². The maximum atomic E-state index is 5.95. The van der Waals surface area contributed by atoms with E-state index >= 15 is 0 Å². The smallest absolute Gasteiger partial charge is 0.0674 e. The summed E-state index contributed by atoms with van der Waals surface area (Å²) in [6.45, 7) is 4.10. The fourth-order valence-electron chi connectivity index (χ4n) is 1.62. The summed E-state index contributed by atoms with van der Waals surface area (Å²) in [7, 11) is 2.03. The van der Waals surface area contributed by atoms with E-state index < -0.39 is 0 Å². The molecule has 2 aromatic rings. The molecule has 0 fully saturated rings. The molecule has 0 aliphatic rings. The van der Waals surface area contributed by atoms with Crippen LogP contribution in [0.15, 0.2) is 35.3 Å². The lowest BCUT2D eigenvalue weighted by molar-refractivity contribution is 0.874. The first-order valence-corrected chi connectivity index (χ1v) is 5.88. The van der Waals surface area contributed by atoms with E-state index in [-0.39, 0.29) is 0 Å². The molecule has 0 N–H and O–H groups in total. The maximum Gasteiger partial charge on any atom is 0.0674 e. The van der Waals surface area contributed by atoms with Crippen molar-refractivity contribution in [1.29, 1.82) is 0 Å². The molecule has 0 amide bonds. The topological polar surface area (TPSA) is 17.3 Å². The minimum absolute atomic E-state index is 0.714.